The fraction of sp³-hybridized carbons (Fsp3) is 0.300. The van der Waals surface area contributed by atoms with E-state index in [9.17, 15) is 9.59 Å². The van der Waals surface area contributed by atoms with Gasteiger partial charge in [-0.2, -0.15) is 0 Å². The summed E-state index contributed by atoms with van der Waals surface area (Å²) in [5, 5.41) is 0.611. The lowest BCUT2D eigenvalue weighted by Gasteiger charge is -2.39. The summed E-state index contributed by atoms with van der Waals surface area (Å²) in [6.07, 6.45) is 0.431. The molecule has 0 bridgehead atoms. The molecule has 27 heavy (non-hydrogen) atoms. The van der Waals surface area contributed by atoms with Gasteiger partial charge in [-0.3, -0.25) is 4.79 Å². The van der Waals surface area contributed by atoms with Crippen LogP contribution in [0.3, 0.4) is 0 Å². The smallest absolute Gasteiger partial charge is 0.328 e. The molecular weight excluding hydrogens is 432 g/mol. The molecule has 7 heteroatoms. The van der Waals surface area contributed by atoms with Crippen LogP contribution >= 0.6 is 27.5 Å². The molecule has 1 aliphatic heterocycles. The molecule has 1 atom stereocenters. The van der Waals surface area contributed by atoms with E-state index < -0.39 is 12.0 Å². The zero-order chi connectivity index (χ0) is 19.4. The van der Waals surface area contributed by atoms with Crippen molar-refractivity contribution in [1.82, 2.24) is 4.90 Å². The standard InChI is InChI=1S/C20H20BrClN2O3/c1-27-20(26)18(11-14-5-3-2-4-6-14)24-10-9-23(13-19(24)25)17-12-15(22)7-8-16(17)21/h2-8,12,18H,9-11,13H2,1H3. The number of rotatable bonds is 5. The summed E-state index contributed by atoms with van der Waals surface area (Å²) in [4.78, 5) is 28.8. The van der Waals surface area contributed by atoms with E-state index in [0.717, 1.165) is 15.7 Å². The first-order chi connectivity index (χ1) is 13.0. The molecular formula is C20H20BrClN2O3. The average molecular weight is 452 g/mol. The lowest BCUT2D eigenvalue weighted by atomic mass is 10.0. The third-order valence-electron chi connectivity index (χ3n) is 4.63. The molecule has 0 radical (unpaired) electrons. The molecule has 0 spiro atoms. The number of halogens is 2. The van der Waals surface area contributed by atoms with Crippen LogP contribution in [0.25, 0.3) is 0 Å². The van der Waals surface area contributed by atoms with Crippen LogP contribution in [0.5, 0.6) is 0 Å². The Hall–Kier alpha value is -2.05. The van der Waals surface area contributed by atoms with E-state index in [-0.39, 0.29) is 12.5 Å². The zero-order valence-electron chi connectivity index (χ0n) is 14.9. The van der Waals surface area contributed by atoms with Crippen molar-refractivity contribution in [1.29, 1.82) is 0 Å². The second-order valence-electron chi connectivity index (χ2n) is 6.33. The summed E-state index contributed by atoms with van der Waals surface area (Å²) in [5.41, 5.74) is 1.86. The minimum Gasteiger partial charge on any atom is -0.467 e. The van der Waals surface area contributed by atoms with Crippen molar-refractivity contribution >= 4 is 45.1 Å². The molecule has 1 aliphatic rings. The Balaban J connectivity index is 1.77. The van der Waals surface area contributed by atoms with Crippen LogP contribution in [-0.4, -0.2) is 49.6 Å². The molecule has 5 nitrogen and oxygen atoms in total. The van der Waals surface area contributed by atoms with Gasteiger partial charge in [0, 0.05) is 29.0 Å². The monoisotopic (exact) mass is 450 g/mol. The van der Waals surface area contributed by atoms with Crippen LogP contribution in [0.1, 0.15) is 5.56 Å². The minimum absolute atomic E-state index is 0.112. The number of anilines is 1. The van der Waals surface area contributed by atoms with E-state index in [1.165, 1.54) is 7.11 Å². The number of benzene rings is 2. The van der Waals surface area contributed by atoms with Crippen molar-refractivity contribution in [2.45, 2.75) is 12.5 Å². The Morgan fingerprint density at radius 1 is 1.22 bits per heavy atom. The maximum Gasteiger partial charge on any atom is 0.328 e. The number of hydrogen-bond acceptors (Lipinski definition) is 4. The van der Waals surface area contributed by atoms with Gasteiger partial charge in [-0.1, -0.05) is 41.9 Å². The van der Waals surface area contributed by atoms with Gasteiger partial charge in [0.1, 0.15) is 6.04 Å². The van der Waals surface area contributed by atoms with Gasteiger partial charge < -0.3 is 14.5 Å². The molecule has 0 aliphatic carbocycles. The summed E-state index contributed by atoms with van der Waals surface area (Å²) >= 11 is 9.61. The van der Waals surface area contributed by atoms with Gasteiger partial charge in [0.15, 0.2) is 0 Å². The molecule has 3 rings (SSSR count). The molecule has 0 aromatic heterocycles. The van der Waals surface area contributed by atoms with E-state index in [1.54, 1.807) is 11.0 Å². The number of methoxy groups -OCH3 is 1. The molecule has 1 heterocycles. The van der Waals surface area contributed by atoms with Gasteiger partial charge >= 0.3 is 5.97 Å². The molecule has 1 saturated heterocycles. The molecule has 142 valence electrons. The van der Waals surface area contributed by atoms with Gasteiger partial charge in [0.2, 0.25) is 5.91 Å². The summed E-state index contributed by atoms with van der Waals surface area (Å²) in [6.45, 7) is 1.22. The first-order valence-corrected chi connectivity index (χ1v) is 9.78. The summed E-state index contributed by atoms with van der Waals surface area (Å²) < 4.78 is 5.84. The van der Waals surface area contributed by atoms with Crippen molar-refractivity contribution in [2.24, 2.45) is 0 Å². The van der Waals surface area contributed by atoms with Crippen molar-refractivity contribution < 1.29 is 14.3 Å². The number of nitrogens with zero attached hydrogens (tertiary/aromatic N) is 2. The quantitative estimate of drug-likeness (QED) is 0.653. The van der Waals surface area contributed by atoms with E-state index in [2.05, 4.69) is 15.9 Å². The average Bonchev–Trinajstić information content (AvgIpc) is 2.68. The van der Waals surface area contributed by atoms with Gasteiger partial charge in [-0.05, 0) is 39.7 Å². The van der Waals surface area contributed by atoms with E-state index in [4.69, 9.17) is 16.3 Å². The lowest BCUT2D eigenvalue weighted by Crippen LogP contribution is -2.57. The van der Waals surface area contributed by atoms with Crippen LogP contribution in [-0.2, 0) is 20.7 Å². The number of amides is 1. The van der Waals surface area contributed by atoms with E-state index in [0.29, 0.717) is 24.5 Å². The molecule has 0 saturated carbocycles. The molecule has 2 aromatic rings. The van der Waals surface area contributed by atoms with Crippen LogP contribution in [0.4, 0.5) is 5.69 Å². The predicted molar refractivity (Wildman–Crippen MR) is 109 cm³/mol. The van der Waals surface area contributed by atoms with Crippen LogP contribution < -0.4 is 4.90 Å². The fourth-order valence-corrected chi connectivity index (χ4v) is 3.91. The Kier molecular flexibility index (Phi) is 6.39. The highest BCUT2D eigenvalue weighted by Crippen LogP contribution is 2.30. The summed E-state index contributed by atoms with van der Waals surface area (Å²) in [7, 11) is 1.35. The maximum atomic E-state index is 12.9. The van der Waals surface area contributed by atoms with E-state index in [1.807, 2.05) is 47.4 Å². The second kappa shape index (κ2) is 8.76. The molecule has 1 unspecified atom stereocenters. The van der Waals surface area contributed by atoms with Crippen molar-refractivity contribution in [3.63, 3.8) is 0 Å². The minimum atomic E-state index is -0.630. The van der Waals surface area contributed by atoms with Crippen LogP contribution in [0.15, 0.2) is 53.0 Å². The Morgan fingerprint density at radius 3 is 2.63 bits per heavy atom. The number of carbonyl (C=O) groups excluding carboxylic acids is 2. The fourth-order valence-electron chi connectivity index (χ4n) is 3.24. The largest absolute Gasteiger partial charge is 0.467 e. The van der Waals surface area contributed by atoms with Gasteiger partial charge in [0.25, 0.3) is 0 Å². The molecule has 1 fully saturated rings. The lowest BCUT2D eigenvalue weighted by molar-refractivity contribution is -0.153. The zero-order valence-corrected chi connectivity index (χ0v) is 17.2. The van der Waals surface area contributed by atoms with Crippen molar-refractivity contribution in [3.8, 4) is 0 Å². The van der Waals surface area contributed by atoms with Crippen molar-refractivity contribution in [3.05, 3.63) is 63.6 Å². The first-order valence-electron chi connectivity index (χ1n) is 8.61. The summed E-state index contributed by atoms with van der Waals surface area (Å²) in [6, 6.07) is 14.5. The highest BCUT2D eigenvalue weighted by Gasteiger charge is 2.35. The van der Waals surface area contributed by atoms with Crippen molar-refractivity contribution in [2.75, 3.05) is 31.6 Å². The van der Waals surface area contributed by atoms with E-state index >= 15 is 0 Å². The van der Waals surface area contributed by atoms with Crippen LogP contribution in [0.2, 0.25) is 5.02 Å². The Bertz CT molecular complexity index is 831. The summed E-state index contributed by atoms with van der Waals surface area (Å²) in [5.74, 6) is -0.510. The number of ether oxygens (including phenoxy) is 1. The highest BCUT2D eigenvalue weighted by molar-refractivity contribution is 9.10. The Labute approximate surface area is 172 Å². The van der Waals surface area contributed by atoms with Gasteiger partial charge in [-0.25, -0.2) is 4.79 Å². The third kappa shape index (κ3) is 4.62. The third-order valence-corrected chi connectivity index (χ3v) is 5.53. The first kappa shape index (κ1) is 19.7. The number of hydrogen-bond donors (Lipinski definition) is 0. The maximum absolute atomic E-state index is 12.9. The topological polar surface area (TPSA) is 49.9 Å². The second-order valence-corrected chi connectivity index (χ2v) is 7.62. The highest BCUT2D eigenvalue weighted by atomic mass is 79.9. The number of carbonyl (C=O) groups is 2. The van der Waals surface area contributed by atoms with Gasteiger partial charge in [-0.15, -0.1) is 0 Å². The Morgan fingerprint density at radius 2 is 1.96 bits per heavy atom. The van der Waals surface area contributed by atoms with Crippen LogP contribution in [0, 0.1) is 0 Å². The van der Waals surface area contributed by atoms with Gasteiger partial charge in [0.05, 0.1) is 19.3 Å². The molecule has 0 N–H and O–H groups in total. The number of esters is 1. The number of piperazine rings is 1. The SMILES string of the molecule is COC(=O)C(Cc1ccccc1)N1CCN(c2cc(Cl)ccc2Br)CC1=O. The predicted octanol–water partition coefficient (Wildman–Crippen LogP) is 3.54. The molecule has 1 amide bonds. The molecule has 2 aromatic carbocycles. The normalized spacial score (nSPS) is 15.6.